The van der Waals surface area contributed by atoms with Crippen LogP contribution in [0.15, 0.2) is 42.5 Å². The lowest BCUT2D eigenvalue weighted by molar-refractivity contribution is -0.0702. The van der Waals surface area contributed by atoms with E-state index in [9.17, 15) is 4.79 Å². The maximum atomic E-state index is 13.5. The molecule has 0 aliphatic carbocycles. The van der Waals surface area contributed by atoms with Crippen molar-refractivity contribution in [3.63, 3.8) is 0 Å². The van der Waals surface area contributed by atoms with Gasteiger partial charge in [0.15, 0.2) is 0 Å². The number of ether oxygens (including phenoxy) is 1. The van der Waals surface area contributed by atoms with Gasteiger partial charge in [0.05, 0.1) is 12.2 Å². The van der Waals surface area contributed by atoms with Crippen LogP contribution in [0.4, 0.5) is 0 Å². The van der Waals surface area contributed by atoms with E-state index in [0.717, 1.165) is 51.3 Å². The largest absolute Gasteiger partial charge is 0.373 e. The molecule has 0 saturated carbocycles. The number of hydrogen-bond acceptors (Lipinski definition) is 4. The van der Waals surface area contributed by atoms with E-state index in [4.69, 9.17) is 39.5 Å². The van der Waals surface area contributed by atoms with E-state index in [1.807, 2.05) is 29.2 Å². The molecule has 0 bridgehead atoms. The van der Waals surface area contributed by atoms with Crippen molar-refractivity contribution in [1.82, 2.24) is 14.7 Å². The summed E-state index contributed by atoms with van der Waals surface area (Å²) in [5, 5.41) is 1.65. The number of nitrogens with zero attached hydrogens (tertiary/aromatic N) is 3. The highest BCUT2D eigenvalue weighted by atomic mass is 35.5. The van der Waals surface area contributed by atoms with E-state index in [-0.39, 0.29) is 49.0 Å². The Hall–Kier alpha value is -0.760. The summed E-state index contributed by atoms with van der Waals surface area (Å²) in [4.78, 5) is 20.4. The van der Waals surface area contributed by atoms with E-state index >= 15 is 0 Å². The maximum Gasteiger partial charge on any atom is 0.254 e. The van der Waals surface area contributed by atoms with Crippen molar-refractivity contribution in [1.29, 1.82) is 0 Å². The predicted molar refractivity (Wildman–Crippen MR) is 154 cm³/mol. The van der Waals surface area contributed by atoms with Crippen molar-refractivity contribution in [2.45, 2.75) is 38.5 Å². The molecule has 2 aromatic carbocycles. The van der Waals surface area contributed by atoms with Gasteiger partial charge >= 0.3 is 0 Å². The molecule has 1 amide bonds. The Morgan fingerprint density at radius 2 is 1.42 bits per heavy atom. The monoisotopic (exact) mass is 595 g/mol. The van der Waals surface area contributed by atoms with Crippen molar-refractivity contribution in [3.05, 3.63) is 68.7 Å². The SMILES string of the molecule is CC1CN(CCN2CCN(C(=O)c3cc(Cl)cc(Cl)c3)[C@H](Cc3ccc(Cl)cc3)C2)CC(C)O1.Cl.Cl. The lowest BCUT2D eigenvalue weighted by atomic mass is 10.0. The summed E-state index contributed by atoms with van der Waals surface area (Å²) in [6.45, 7) is 10.5. The lowest BCUT2D eigenvalue weighted by Crippen LogP contribution is -2.57. The van der Waals surface area contributed by atoms with Gasteiger partial charge in [-0.1, -0.05) is 46.9 Å². The van der Waals surface area contributed by atoms with Crippen LogP contribution in [0.1, 0.15) is 29.8 Å². The third-order valence-electron chi connectivity index (χ3n) is 6.55. The summed E-state index contributed by atoms with van der Waals surface area (Å²) in [6.07, 6.45) is 1.29. The molecule has 4 rings (SSSR count). The van der Waals surface area contributed by atoms with Crippen molar-refractivity contribution in [3.8, 4) is 0 Å². The molecule has 200 valence electrons. The minimum Gasteiger partial charge on any atom is -0.373 e. The molecule has 2 saturated heterocycles. The quantitative estimate of drug-likeness (QED) is 0.411. The Labute approximate surface area is 241 Å². The summed E-state index contributed by atoms with van der Waals surface area (Å²) >= 11 is 18.5. The summed E-state index contributed by atoms with van der Waals surface area (Å²) in [7, 11) is 0. The summed E-state index contributed by atoms with van der Waals surface area (Å²) in [6, 6.07) is 13.0. The van der Waals surface area contributed by atoms with Gasteiger partial charge < -0.3 is 9.64 Å². The standard InChI is InChI=1S/C26H32Cl3N3O2.2ClH/c1-18-15-31(16-19(2)34-18)8-7-30-9-10-32(26(33)21-12-23(28)14-24(29)13-21)25(17-30)11-20-3-5-22(27)6-4-20;;/h3-6,12-14,18-19,25H,7-11,15-17H2,1-2H3;2*1H/t18?,19?,25-;;/m1../s1. The second-order valence-electron chi connectivity index (χ2n) is 9.46. The van der Waals surface area contributed by atoms with Gasteiger partial charge in [-0.05, 0) is 56.2 Å². The van der Waals surface area contributed by atoms with Crippen LogP contribution >= 0.6 is 59.6 Å². The van der Waals surface area contributed by atoms with Gasteiger partial charge in [-0.15, -0.1) is 24.8 Å². The number of benzene rings is 2. The Morgan fingerprint density at radius 3 is 2.03 bits per heavy atom. The molecule has 2 unspecified atom stereocenters. The molecule has 0 N–H and O–H groups in total. The Bertz CT molecular complexity index is 964. The fourth-order valence-corrected chi connectivity index (χ4v) is 5.70. The highest BCUT2D eigenvalue weighted by Crippen LogP contribution is 2.24. The van der Waals surface area contributed by atoms with Crippen LogP contribution < -0.4 is 0 Å². The van der Waals surface area contributed by atoms with Crippen molar-refractivity contribution < 1.29 is 9.53 Å². The molecule has 2 fully saturated rings. The number of amides is 1. The number of carbonyl (C=O) groups excluding carboxylic acids is 1. The maximum absolute atomic E-state index is 13.5. The van der Waals surface area contributed by atoms with Crippen LogP contribution in [0, 0.1) is 0 Å². The number of morpholine rings is 1. The number of rotatable bonds is 6. The van der Waals surface area contributed by atoms with Crippen molar-refractivity contribution in [2.75, 3.05) is 45.8 Å². The topological polar surface area (TPSA) is 36.0 Å². The molecule has 0 radical (unpaired) electrons. The van der Waals surface area contributed by atoms with Crippen molar-refractivity contribution >= 4 is 65.5 Å². The van der Waals surface area contributed by atoms with E-state index in [1.54, 1.807) is 18.2 Å². The summed E-state index contributed by atoms with van der Waals surface area (Å²) < 4.78 is 5.87. The Kier molecular flexibility index (Phi) is 12.6. The number of halogens is 5. The van der Waals surface area contributed by atoms with Crippen LogP contribution in [0.5, 0.6) is 0 Å². The van der Waals surface area contributed by atoms with Gasteiger partial charge in [0.25, 0.3) is 5.91 Å². The normalized spacial score (nSPS) is 23.0. The highest BCUT2D eigenvalue weighted by molar-refractivity contribution is 6.35. The molecular formula is C26H34Cl5N3O2. The molecule has 36 heavy (non-hydrogen) atoms. The zero-order valence-corrected chi connectivity index (χ0v) is 24.4. The van der Waals surface area contributed by atoms with E-state index in [1.165, 1.54) is 0 Å². The molecule has 5 nitrogen and oxygen atoms in total. The summed E-state index contributed by atoms with van der Waals surface area (Å²) in [5.74, 6) is -0.0288. The van der Waals surface area contributed by atoms with Gasteiger partial charge in [-0.2, -0.15) is 0 Å². The van der Waals surface area contributed by atoms with Gasteiger partial charge in [-0.25, -0.2) is 0 Å². The first-order valence-electron chi connectivity index (χ1n) is 11.9. The van der Waals surface area contributed by atoms with Crippen LogP contribution in [0.3, 0.4) is 0 Å². The third kappa shape index (κ3) is 8.64. The minimum absolute atomic E-state index is 0. The van der Waals surface area contributed by atoms with Crippen LogP contribution in [-0.2, 0) is 11.2 Å². The van der Waals surface area contributed by atoms with Crippen LogP contribution in [0.25, 0.3) is 0 Å². The van der Waals surface area contributed by atoms with Crippen LogP contribution in [-0.4, -0.2) is 84.7 Å². The zero-order valence-electron chi connectivity index (χ0n) is 20.5. The smallest absolute Gasteiger partial charge is 0.254 e. The fourth-order valence-electron chi connectivity index (χ4n) is 5.05. The molecule has 2 heterocycles. The zero-order chi connectivity index (χ0) is 24.2. The highest BCUT2D eigenvalue weighted by Gasteiger charge is 2.32. The third-order valence-corrected chi connectivity index (χ3v) is 7.24. The second-order valence-corrected chi connectivity index (χ2v) is 10.8. The lowest BCUT2D eigenvalue weighted by Gasteiger charge is -2.43. The molecule has 0 aromatic heterocycles. The number of piperazine rings is 1. The second kappa shape index (κ2) is 14.4. The molecule has 10 heteroatoms. The van der Waals surface area contributed by atoms with Gasteiger partial charge in [0.1, 0.15) is 0 Å². The average molecular weight is 598 g/mol. The Balaban J connectivity index is 0.00000228. The Morgan fingerprint density at radius 1 is 0.833 bits per heavy atom. The molecule has 2 aliphatic rings. The van der Waals surface area contributed by atoms with E-state index < -0.39 is 0 Å². The first-order chi connectivity index (χ1) is 16.3. The van der Waals surface area contributed by atoms with Crippen molar-refractivity contribution in [2.24, 2.45) is 0 Å². The van der Waals surface area contributed by atoms with Gasteiger partial charge in [-0.3, -0.25) is 14.6 Å². The molecule has 3 atom stereocenters. The number of hydrogen-bond donors (Lipinski definition) is 0. The number of carbonyl (C=O) groups is 1. The average Bonchev–Trinajstić information content (AvgIpc) is 2.78. The van der Waals surface area contributed by atoms with E-state index in [2.05, 4.69) is 23.6 Å². The predicted octanol–water partition coefficient (Wildman–Crippen LogP) is 5.97. The fraction of sp³-hybridized carbons (Fsp3) is 0.500. The summed E-state index contributed by atoms with van der Waals surface area (Å²) in [5.41, 5.74) is 1.69. The van der Waals surface area contributed by atoms with Crippen LogP contribution in [0.2, 0.25) is 15.1 Å². The minimum atomic E-state index is -0.0288. The first kappa shape index (κ1) is 31.5. The van der Waals surface area contributed by atoms with E-state index in [0.29, 0.717) is 27.2 Å². The van der Waals surface area contributed by atoms with Gasteiger partial charge in [0.2, 0.25) is 0 Å². The molecule has 2 aliphatic heterocycles. The first-order valence-corrected chi connectivity index (χ1v) is 13.0. The molecule has 2 aromatic rings. The van der Waals surface area contributed by atoms with Gasteiger partial charge in [0, 0.05) is 72.5 Å². The molecular weight excluding hydrogens is 564 g/mol. The molecule has 0 spiro atoms.